The van der Waals surface area contributed by atoms with Gasteiger partial charge in [-0.2, -0.15) is 0 Å². The standard InChI is InChI=1S/C15H25BrN2O/c1-5-8-17-14(10-15(2,3)19-4)9-13-7-6-12(16)11-18-13/h6-7,11,14,17H,5,8-10H2,1-4H3. The van der Waals surface area contributed by atoms with Crippen LogP contribution in [-0.4, -0.2) is 30.3 Å². The van der Waals surface area contributed by atoms with Crippen LogP contribution in [0.4, 0.5) is 0 Å². The topological polar surface area (TPSA) is 34.2 Å². The van der Waals surface area contributed by atoms with E-state index in [2.05, 4.69) is 53.1 Å². The van der Waals surface area contributed by atoms with Crippen molar-refractivity contribution >= 4 is 15.9 Å². The minimum Gasteiger partial charge on any atom is -0.379 e. The Hall–Kier alpha value is -0.450. The summed E-state index contributed by atoms with van der Waals surface area (Å²) in [6, 6.07) is 4.51. The lowest BCUT2D eigenvalue weighted by atomic mass is 9.95. The minimum absolute atomic E-state index is 0.110. The number of nitrogens with one attached hydrogen (secondary N) is 1. The van der Waals surface area contributed by atoms with Crippen molar-refractivity contribution in [1.82, 2.24) is 10.3 Å². The van der Waals surface area contributed by atoms with E-state index in [0.717, 1.165) is 36.0 Å². The van der Waals surface area contributed by atoms with Crippen molar-refractivity contribution in [1.29, 1.82) is 0 Å². The lowest BCUT2D eigenvalue weighted by Crippen LogP contribution is -2.39. The first-order valence-corrected chi connectivity index (χ1v) is 7.65. The van der Waals surface area contributed by atoms with E-state index in [1.165, 1.54) is 0 Å². The molecule has 0 amide bonds. The van der Waals surface area contributed by atoms with E-state index < -0.39 is 0 Å². The van der Waals surface area contributed by atoms with Gasteiger partial charge in [-0.05, 0) is 61.3 Å². The molecule has 1 atom stereocenters. The average molecular weight is 329 g/mol. The van der Waals surface area contributed by atoms with E-state index in [1.54, 1.807) is 7.11 Å². The fraction of sp³-hybridized carbons (Fsp3) is 0.667. The zero-order valence-corrected chi connectivity index (χ0v) is 14.0. The maximum Gasteiger partial charge on any atom is 0.0637 e. The third-order valence-electron chi connectivity index (χ3n) is 3.22. The molecule has 1 heterocycles. The zero-order chi connectivity index (χ0) is 14.3. The normalized spacial score (nSPS) is 13.5. The smallest absolute Gasteiger partial charge is 0.0637 e. The Balaban J connectivity index is 2.65. The predicted octanol–water partition coefficient (Wildman–Crippen LogP) is 3.57. The second-order valence-electron chi connectivity index (χ2n) is 5.49. The highest BCUT2D eigenvalue weighted by Crippen LogP contribution is 2.18. The molecule has 1 aromatic heterocycles. The SMILES string of the molecule is CCCNC(Cc1ccc(Br)cn1)CC(C)(C)OC. The number of halogens is 1. The largest absolute Gasteiger partial charge is 0.379 e. The van der Waals surface area contributed by atoms with Crippen molar-refractivity contribution in [3.63, 3.8) is 0 Å². The van der Waals surface area contributed by atoms with Gasteiger partial charge in [0.25, 0.3) is 0 Å². The number of methoxy groups -OCH3 is 1. The van der Waals surface area contributed by atoms with Gasteiger partial charge in [-0.25, -0.2) is 0 Å². The minimum atomic E-state index is -0.110. The molecule has 4 heteroatoms. The molecule has 1 N–H and O–H groups in total. The van der Waals surface area contributed by atoms with Crippen molar-refractivity contribution in [2.24, 2.45) is 0 Å². The molecule has 0 aromatic carbocycles. The van der Waals surface area contributed by atoms with E-state index >= 15 is 0 Å². The molecule has 0 radical (unpaired) electrons. The quantitative estimate of drug-likeness (QED) is 0.792. The Morgan fingerprint density at radius 3 is 2.68 bits per heavy atom. The van der Waals surface area contributed by atoms with E-state index in [4.69, 9.17) is 4.74 Å². The monoisotopic (exact) mass is 328 g/mol. The second-order valence-corrected chi connectivity index (χ2v) is 6.41. The van der Waals surface area contributed by atoms with Gasteiger partial charge in [-0.15, -0.1) is 0 Å². The Morgan fingerprint density at radius 2 is 2.16 bits per heavy atom. The molecule has 108 valence electrons. The van der Waals surface area contributed by atoms with Crippen LogP contribution in [0.5, 0.6) is 0 Å². The Kier molecular flexibility index (Phi) is 6.97. The molecular weight excluding hydrogens is 304 g/mol. The Labute approximate surface area is 125 Å². The van der Waals surface area contributed by atoms with Crippen molar-refractivity contribution in [3.8, 4) is 0 Å². The van der Waals surface area contributed by atoms with Crippen LogP contribution in [0.2, 0.25) is 0 Å². The molecule has 0 bridgehead atoms. The summed E-state index contributed by atoms with van der Waals surface area (Å²) in [5.74, 6) is 0. The Morgan fingerprint density at radius 1 is 1.42 bits per heavy atom. The molecule has 0 fully saturated rings. The highest BCUT2D eigenvalue weighted by Gasteiger charge is 2.22. The summed E-state index contributed by atoms with van der Waals surface area (Å²) in [4.78, 5) is 4.45. The first-order valence-electron chi connectivity index (χ1n) is 6.86. The molecule has 1 rings (SSSR count). The van der Waals surface area contributed by atoms with Crippen LogP contribution < -0.4 is 5.32 Å². The summed E-state index contributed by atoms with van der Waals surface area (Å²) in [5, 5.41) is 3.59. The summed E-state index contributed by atoms with van der Waals surface area (Å²) < 4.78 is 6.56. The van der Waals surface area contributed by atoms with Crippen molar-refractivity contribution in [3.05, 3.63) is 28.5 Å². The van der Waals surface area contributed by atoms with Gasteiger partial charge in [0.15, 0.2) is 0 Å². The van der Waals surface area contributed by atoms with Gasteiger partial charge in [0.2, 0.25) is 0 Å². The number of rotatable bonds is 8. The molecular formula is C15H25BrN2O. The molecule has 0 spiro atoms. The third-order valence-corrected chi connectivity index (χ3v) is 3.69. The van der Waals surface area contributed by atoms with Gasteiger partial charge in [-0.3, -0.25) is 4.98 Å². The maximum absolute atomic E-state index is 5.54. The summed E-state index contributed by atoms with van der Waals surface area (Å²) in [6.45, 7) is 7.47. The van der Waals surface area contributed by atoms with Gasteiger partial charge in [0.05, 0.1) is 5.60 Å². The van der Waals surface area contributed by atoms with Crippen LogP contribution >= 0.6 is 15.9 Å². The van der Waals surface area contributed by atoms with Crippen LogP contribution in [0.3, 0.4) is 0 Å². The first kappa shape index (κ1) is 16.6. The lowest BCUT2D eigenvalue weighted by molar-refractivity contribution is 0.00707. The van der Waals surface area contributed by atoms with Gasteiger partial charge < -0.3 is 10.1 Å². The number of hydrogen-bond acceptors (Lipinski definition) is 3. The van der Waals surface area contributed by atoms with Crippen LogP contribution in [0.25, 0.3) is 0 Å². The summed E-state index contributed by atoms with van der Waals surface area (Å²) in [6.07, 6.45) is 4.90. The van der Waals surface area contributed by atoms with Gasteiger partial charge in [0, 0.05) is 35.9 Å². The van der Waals surface area contributed by atoms with Crippen molar-refractivity contribution < 1.29 is 4.74 Å². The highest BCUT2D eigenvalue weighted by atomic mass is 79.9. The summed E-state index contributed by atoms with van der Waals surface area (Å²) in [5.41, 5.74) is 1.00. The second kappa shape index (κ2) is 7.98. The van der Waals surface area contributed by atoms with Crippen LogP contribution in [0, 0.1) is 0 Å². The zero-order valence-electron chi connectivity index (χ0n) is 12.4. The molecule has 1 unspecified atom stereocenters. The fourth-order valence-electron chi connectivity index (χ4n) is 2.02. The number of aromatic nitrogens is 1. The van der Waals surface area contributed by atoms with Gasteiger partial charge in [0.1, 0.15) is 0 Å². The number of ether oxygens (including phenoxy) is 1. The molecule has 0 aliphatic rings. The average Bonchev–Trinajstić information content (AvgIpc) is 2.38. The van der Waals surface area contributed by atoms with E-state index in [1.807, 2.05) is 12.3 Å². The third kappa shape index (κ3) is 6.50. The van der Waals surface area contributed by atoms with E-state index in [0.29, 0.717) is 6.04 Å². The number of pyridine rings is 1. The number of hydrogen-bond donors (Lipinski definition) is 1. The predicted molar refractivity (Wildman–Crippen MR) is 83.4 cm³/mol. The van der Waals surface area contributed by atoms with E-state index in [-0.39, 0.29) is 5.60 Å². The lowest BCUT2D eigenvalue weighted by Gasteiger charge is -2.29. The van der Waals surface area contributed by atoms with Crippen molar-refractivity contribution in [2.75, 3.05) is 13.7 Å². The van der Waals surface area contributed by atoms with Crippen molar-refractivity contribution in [2.45, 2.75) is 51.7 Å². The maximum atomic E-state index is 5.54. The molecule has 0 saturated carbocycles. The van der Waals surface area contributed by atoms with Gasteiger partial charge >= 0.3 is 0 Å². The number of nitrogens with zero attached hydrogens (tertiary/aromatic N) is 1. The van der Waals surface area contributed by atoms with Gasteiger partial charge in [-0.1, -0.05) is 6.92 Å². The Bertz CT molecular complexity index is 365. The van der Waals surface area contributed by atoms with E-state index in [9.17, 15) is 0 Å². The molecule has 0 saturated heterocycles. The first-order chi connectivity index (χ1) is 8.96. The van der Waals surface area contributed by atoms with Crippen LogP contribution in [0.15, 0.2) is 22.8 Å². The fourth-order valence-corrected chi connectivity index (χ4v) is 2.26. The molecule has 0 aliphatic carbocycles. The molecule has 3 nitrogen and oxygen atoms in total. The van der Waals surface area contributed by atoms with Crippen LogP contribution in [-0.2, 0) is 11.2 Å². The summed E-state index contributed by atoms with van der Waals surface area (Å²) in [7, 11) is 1.77. The molecule has 0 aliphatic heterocycles. The molecule has 1 aromatic rings. The van der Waals surface area contributed by atoms with Crippen LogP contribution in [0.1, 0.15) is 39.3 Å². The highest BCUT2D eigenvalue weighted by molar-refractivity contribution is 9.10. The molecule has 19 heavy (non-hydrogen) atoms. The summed E-state index contributed by atoms with van der Waals surface area (Å²) >= 11 is 3.42.